The molecule has 0 spiro atoms. The van der Waals surface area contributed by atoms with E-state index in [1.165, 1.54) is 13.8 Å². The molecule has 1 aromatic carbocycles. The summed E-state index contributed by atoms with van der Waals surface area (Å²) in [5, 5.41) is 20.2. The van der Waals surface area contributed by atoms with Crippen LogP contribution < -0.4 is 0 Å². The van der Waals surface area contributed by atoms with Crippen LogP contribution in [0.25, 0.3) is 0 Å². The number of rotatable bonds is 7. The lowest BCUT2D eigenvalue weighted by Gasteiger charge is -2.21. The number of likely N-dealkylation sites (N-methyl/N-ethyl adjacent to an activating group) is 1. The first-order chi connectivity index (χ1) is 11.4. The quantitative estimate of drug-likeness (QED) is 0.425. The van der Waals surface area contributed by atoms with E-state index in [0.29, 0.717) is 4.31 Å². The van der Waals surface area contributed by atoms with Gasteiger partial charge in [0.2, 0.25) is 10.0 Å². The van der Waals surface area contributed by atoms with Crippen molar-refractivity contribution in [1.29, 1.82) is 0 Å². The molecule has 0 bridgehead atoms. The summed E-state index contributed by atoms with van der Waals surface area (Å²) in [4.78, 5) is 32.8. The van der Waals surface area contributed by atoms with E-state index in [-0.39, 0.29) is 17.7 Å². The zero-order valence-electron chi connectivity index (χ0n) is 14.0. The van der Waals surface area contributed by atoms with Gasteiger partial charge in [-0.3, -0.25) is 14.9 Å². The number of nitro benzene ring substituents is 1. The first-order valence-corrected chi connectivity index (χ1v) is 8.56. The van der Waals surface area contributed by atoms with Crippen molar-refractivity contribution in [3.63, 3.8) is 0 Å². The number of esters is 1. The summed E-state index contributed by atoms with van der Waals surface area (Å²) in [6.07, 6.45) is 0. The van der Waals surface area contributed by atoms with Crippen molar-refractivity contribution >= 4 is 27.6 Å². The third-order valence-electron chi connectivity index (χ3n) is 3.63. The van der Waals surface area contributed by atoms with E-state index in [4.69, 9.17) is 9.84 Å². The maximum atomic E-state index is 12.6. The largest absolute Gasteiger partial charge is 0.480 e. The van der Waals surface area contributed by atoms with Crippen molar-refractivity contribution in [2.45, 2.75) is 31.7 Å². The van der Waals surface area contributed by atoms with Crippen molar-refractivity contribution in [3.8, 4) is 0 Å². The molecule has 1 atom stereocenters. The number of nitrogens with zero attached hydrogens (tertiary/aromatic N) is 2. The molecule has 25 heavy (non-hydrogen) atoms. The van der Waals surface area contributed by atoms with Crippen LogP contribution in [0.1, 0.15) is 29.8 Å². The van der Waals surface area contributed by atoms with Crippen LogP contribution in [-0.2, 0) is 19.6 Å². The van der Waals surface area contributed by atoms with Crippen LogP contribution >= 0.6 is 0 Å². The van der Waals surface area contributed by atoms with Crippen LogP contribution in [0.15, 0.2) is 17.0 Å². The minimum Gasteiger partial charge on any atom is -0.480 e. The number of carboxylic acids is 1. The highest BCUT2D eigenvalue weighted by atomic mass is 32.2. The topological polar surface area (TPSA) is 144 Å². The molecular formula is C14H18N2O8S. The lowest BCUT2D eigenvalue weighted by Crippen LogP contribution is -2.40. The van der Waals surface area contributed by atoms with E-state index in [9.17, 15) is 28.1 Å². The number of carbonyl (C=O) groups is 2. The van der Waals surface area contributed by atoms with E-state index in [1.807, 2.05) is 0 Å². The maximum Gasteiger partial charge on any atom is 0.338 e. The monoisotopic (exact) mass is 374 g/mol. The fourth-order valence-electron chi connectivity index (χ4n) is 1.96. The van der Waals surface area contributed by atoms with E-state index in [1.54, 1.807) is 0 Å². The van der Waals surface area contributed by atoms with Crippen LogP contribution in [0.2, 0.25) is 0 Å². The fraction of sp³-hybridized carbons (Fsp3) is 0.429. The minimum absolute atomic E-state index is 0.000992. The lowest BCUT2D eigenvalue weighted by atomic mass is 10.1. The Labute approximate surface area is 144 Å². The molecule has 0 aliphatic rings. The molecule has 1 rings (SSSR count). The van der Waals surface area contributed by atoms with E-state index >= 15 is 0 Å². The second-order valence-corrected chi connectivity index (χ2v) is 7.13. The zero-order valence-corrected chi connectivity index (χ0v) is 14.9. The van der Waals surface area contributed by atoms with Gasteiger partial charge in [0.1, 0.15) is 6.04 Å². The normalized spacial score (nSPS) is 12.7. The van der Waals surface area contributed by atoms with Gasteiger partial charge in [0.15, 0.2) is 0 Å². The number of nitro groups is 1. The number of ether oxygens (including phenoxy) is 1. The minimum atomic E-state index is -4.39. The van der Waals surface area contributed by atoms with Crippen molar-refractivity contribution in [2.24, 2.45) is 0 Å². The summed E-state index contributed by atoms with van der Waals surface area (Å²) in [7, 11) is -3.36. The molecule has 0 fully saturated rings. The number of carbonyl (C=O) groups excluding carboxylic acids is 1. The number of hydrogen-bond donors (Lipinski definition) is 1. The summed E-state index contributed by atoms with van der Waals surface area (Å²) in [5.74, 6) is -2.30. The molecule has 138 valence electrons. The lowest BCUT2D eigenvalue weighted by molar-refractivity contribution is -0.385. The van der Waals surface area contributed by atoms with Gasteiger partial charge in [-0.2, -0.15) is 4.31 Å². The summed E-state index contributed by atoms with van der Waals surface area (Å²) in [5.41, 5.74) is -0.900. The van der Waals surface area contributed by atoms with Crippen molar-refractivity contribution < 1.29 is 32.8 Å². The van der Waals surface area contributed by atoms with E-state index in [0.717, 1.165) is 26.1 Å². The molecule has 0 aromatic heterocycles. The molecule has 0 saturated carbocycles. The Morgan fingerprint density at radius 3 is 2.40 bits per heavy atom. The average molecular weight is 374 g/mol. The molecule has 0 radical (unpaired) electrons. The van der Waals surface area contributed by atoms with Crippen LogP contribution in [0.5, 0.6) is 0 Å². The molecule has 0 aliphatic heterocycles. The SMILES string of the molecule is CCOC(=O)c1cc(S(=O)(=O)N(C)C(C)C(=O)O)cc([N+](=O)[O-])c1C. The highest BCUT2D eigenvalue weighted by Gasteiger charge is 2.33. The summed E-state index contributed by atoms with van der Waals surface area (Å²) < 4.78 is 30.5. The Balaban J connectivity index is 3.62. The fourth-order valence-corrected chi connectivity index (χ4v) is 3.33. The Bertz CT molecular complexity index is 818. The number of aliphatic carboxylic acids is 1. The van der Waals surface area contributed by atoms with Gasteiger partial charge in [0, 0.05) is 18.7 Å². The van der Waals surface area contributed by atoms with Crippen LogP contribution in [0.3, 0.4) is 0 Å². The summed E-state index contributed by atoms with van der Waals surface area (Å²) in [6.45, 7) is 3.97. The average Bonchev–Trinajstić information content (AvgIpc) is 2.52. The highest BCUT2D eigenvalue weighted by Crippen LogP contribution is 2.29. The Kier molecular flexibility index (Phi) is 6.21. The molecule has 0 heterocycles. The van der Waals surface area contributed by atoms with Crippen LogP contribution in [0.4, 0.5) is 5.69 Å². The van der Waals surface area contributed by atoms with Gasteiger partial charge in [0.05, 0.1) is 22.0 Å². The second-order valence-electron chi connectivity index (χ2n) is 5.13. The summed E-state index contributed by atoms with van der Waals surface area (Å²) in [6, 6.07) is 0.329. The third-order valence-corrected chi connectivity index (χ3v) is 5.53. The third kappa shape index (κ3) is 4.12. The van der Waals surface area contributed by atoms with Gasteiger partial charge in [-0.25, -0.2) is 13.2 Å². The van der Waals surface area contributed by atoms with E-state index in [2.05, 4.69) is 0 Å². The molecule has 0 amide bonds. The molecule has 0 saturated heterocycles. The Hall–Kier alpha value is -2.53. The van der Waals surface area contributed by atoms with Gasteiger partial charge in [-0.15, -0.1) is 0 Å². The second kappa shape index (κ2) is 7.57. The number of hydrogen-bond acceptors (Lipinski definition) is 7. The summed E-state index contributed by atoms with van der Waals surface area (Å²) >= 11 is 0. The van der Waals surface area contributed by atoms with Crippen molar-refractivity contribution in [2.75, 3.05) is 13.7 Å². The van der Waals surface area contributed by atoms with Crippen LogP contribution in [-0.4, -0.2) is 54.4 Å². The Morgan fingerprint density at radius 1 is 1.40 bits per heavy atom. The van der Waals surface area contributed by atoms with Crippen molar-refractivity contribution in [3.05, 3.63) is 33.4 Å². The smallest absolute Gasteiger partial charge is 0.338 e. The molecule has 1 N–H and O–H groups in total. The van der Waals surface area contributed by atoms with Crippen LogP contribution in [0, 0.1) is 17.0 Å². The van der Waals surface area contributed by atoms with Gasteiger partial charge < -0.3 is 9.84 Å². The number of sulfonamides is 1. The molecule has 1 unspecified atom stereocenters. The van der Waals surface area contributed by atoms with Gasteiger partial charge >= 0.3 is 11.9 Å². The Morgan fingerprint density at radius 2 is 1.96 bits per heavy atom. The van der Waals surface area contributed by atoms with Gasteiger partial charge in [-0.05, 0) is 26.8 Å². The zero-order chi connectivity index (χ0) is 19.5. The first-order valence-electron chi connectivity index (χ1n) is 7.12. The highest BCUT2D eigenvalue weighted by molar-refractivity contribution is 7.89. The molecular weight excluding hydrogens is 356 g/mol. The van der Waals surface area contributed by atoms with E-state index < -0.39 is 43.5 Å². The number of benzene rings is 1. The van der Waals surface area contributed by atoms with Gasteiger partial charge in [0.25, 0.3) is 5.69 Å². The molecule has 10 nitrogen and oxygen atoms in total. The first kappa shape index (κ1) is 20.5. The molecule has 11 heteroatoms. The predicted octanol–water partition coefficient (Wildman–Crippen LogP) is 1.17. The maximum absolute atomic E-state index is 12.6. The van der Waals surface area contributed by atoms with Crippen molar-refractivity contribution in [1.82, 2.24) is 4.31 Å². The molecule has 0 aliphatic carbocycles. The molecule has 1 aromatic rings. The number of carboxylic acid groups (broad SMARTS) is 1. The predicted molar refractivity (Wildman–Crippen MR) is 85.8 cm³/mol. The van der Waals surface area contributed by atoms with Gasteiger partial charge in [-0.1, -0.05) is 0 Å². The standard InChI is InChI=1S/C14H18N2O8S/c1-5-24-14(19)11-6-10(7-12(8(11)2)16(20)21)25(22,23)15(4)9(3)13(17)18/h6-7,9H,5H2,1-4H3,(H,17,18).